The van der Waals surface area contributed by atoms with E-state index in [0.29, 0.717) is 5.88 Å². The number of hydrogen-bond acceptors (Lipinski definition) is 0. The third kappa shape index (κ3) is 2.28. The fourth-order valence-corrected chi connectivity index (χ4v) is 2.13. The largest absolute Gasteiger partial charge is 0.122 e. The molecule has 0 atom stereocenters. The van der Waals surface area contributed by atoms with Gasteiger partial charge in [-0.2, -0.15) is 0 Å². The fourth-order valence-electron chi connectivity index (χ4n) is 1.96. The van der Waals surface area contributed by atoms with Crippen molar-refractivity contribution in [3.8, 4) is 11.1 Å². The van der Waals surface area contributed by atoms with Gasteiger partial charge in [-0.1, -0.05) is 42.0 Å². The average molecular weight is 231 g/mol. The number of rotatable bonds is 2. The van der Waals surface area contributed by atoms with Gasteiger partial charge < -0.3 is 0 Å². The zero-order valence-electron chi connectivity index (χ0n) is 9.63. The van der Waals surface area contributed by atoms with Crippen molar-refractivity contribution in [1.29, 1.82) is 0 Å². The minimum absolute atomic E-state index is 0.568. The van der Waals surface area contributed by atoms with Crippen LogP contribution in [0.1, 0.15) is 16.7 Å². The van der Waals surface area contributed by atoms with Gasteiger partial charge in [-0.05, 0) is 42.2 Å². The smallest absolute Gasteiger partial charge is 0.0474 e. The molecule has 0 saturated heterocycles. The zero-order chi connectivity index (χ0) is 11.5. The summed E-state index contributed by atoms with van der Waals surface area (Å²) in [6, 6.07) is 14.9. The third-order valence-corrected chi connectivity index (χ3v) is 3.08. The molecule has 0 amide bonds. The van der Waals surface area contributed by atoms with Gasteiger partial charge >= 0.3 is 0 Å². The highest BCUT2D eigenvalue weighted by Gasteiger charge is 2.02. The highest BCUT2D eigenvalue weighted by molar-refractivity contribution is 6.17. The van der Waals surface area contributed by atoms with E-state index >= 15 is 0 Å². The fraction of sp³-hybridized carbons (Fsp3) is 0.200. The van der Waals surface area contributed by atoms with Crippen molar-refractivity contribution in [2.24, 2.45) is 0 Å². The molecule has 16 heavy (non-hydrogen) atoms. The maximum Gasteiger partial charge on any atom is 0.0474 e. The van der Waals surface area contributed by atoms with Crippen molar-refractivity contribution >= 4 is 11.6 Å². The first-order chi connectivity index (χ1) is 7.70. The van der Waals surface area contributed by atoms with Gasteiger partial charge in [0.15, 0.2) is 0 Å². The van der Waals surface area contributed by atoms with Crippen LogP contribution in [0.4, 0.5) is 0 Å². The molecule has 82 valence electrons. The van der Waals surface area contributed by atoms with Crippen LogP contribution in [0.25, 0.3) is 11.1 Å². The summed E-state index contributed by atoms with van der Waals surface area (Å²) < 4.78 is 0. The second-order valence-electron chi connectivity index (χ2n) is 4.15. The normalized spacial score (nSPS) is 10.4. The highest BCUT2D eigenvalue weighted by atomic mass is 35.5. The maximum atomic E-state index is 5.85. The maximum absolute atomic E-state index is 5.85. The Morgan fingerprint density at radius 3 is 2.50 bits per heavy atom. The quantitative estimate of drug-likeness (QED) is 0.656. The van der Waals surface area contributed by atoms with Crippen LogP contribution in [0.2, 0.25) is 0 Å². The van der Waals surface area contributed by atoms with Gasteiger partial charge in [-0.15, -0.1) is 11.6 Å². The van der Waals surface area contributed by atoms with E-state index in [1.165, 1.54) is 27.8 Å². The molecule has 0 bridgehead atoms. The van der Waals surface area contributed by atoms with E-state index in [1.807, 2.05) is 0 Å². The van der Waals surface area contributed by atoms with Crippen LogP contribution in [0, 0.1) is 13.8 Å². The van der Waals surface area contributed by atoms with E-state index in [1.54, 1.807) is 0 Å². The molecular weight excluding hydrogens is 216 g/mol. The topological polar surface area (TPSA) is 0 Å². The average Bonchev–Trinajstić information content (AvgIpc) is 2.29. The molecule has 0 saturated carbocycles. The molecule has 0 spiro atoms. The van der Waals surface area contributed by atoms with Crippen molar-refractivity contribution in [1.82, 2.24) is 0 Å². The van der Waals surface area contributed by atoms with E-state index in [9.17, 15) is 0 Å². The number of halogens is 1. The lowest BCUT2D eigenvalue weighted by Gasteiger charge is -2.08. The predicted molar refractivity (Wildman–Crippen MR) is 70.9 cm³/mol. The van der Waals surface area contributed by atoms with Crippen LogP contribution >= 0.6 is 11.6 Å². The lowest BCUT2D eigenvalue weighted by molar-refractivity contribution is 1.36. The molecule has 0 nitrogen and oxygen atoms in total. The van der Waals surface area contributed by atoms with Crippen LogP contribution in [0.15, 0.2) is 42.5 Å². The lowest BCUT2D eigenvalue weighted by Crippen LogP contribution is -1.86. The predicted octanol–water partition coefficient (Wildman–Crippen LogP) is 4.71. The van der Waals surface area contributed by atoms with Crippen molar-refractivity contribution in [3.05, 3.63) is 59.2 Å². The van der Waals surface area contributed by atoms with E-state index in [0.717, 1.165) is 0 Å². The molecule has 0 radical (unpaired) electrons. The Bertz CT molecular complexity index is 501. The van der Waals surface area contributed by atoms with E-state index in [-0.39, 0.29) is 0 Å². The third-order valence-electron chi connectivity index (χ3n) is 2.77. The molecule has 0 aliphatic carbocycles. The van der Waals surface area contributed by atoms with Gasteiger partial charge in [-0.25, -0.2) is 0 Å². The summed E-state index contributed by atoms with van der Waals surface area (Å²) in [5.41, 5.74) is 6.31. The van der Waals surface area contributed by atoms with E-state index < -0.39 is 0 Å². The molecule has 0 heterocycles. The van der Waals surface area contributed by atoms with Crippen molar-refractivity contribution in [2.75, 3.05) is 0 Å². The minimum atomic E-state index is 0.568. The summed E-state index contributed by atoms with van der Waals surface area (Å²) >= 11 is 5.85. The zero-order valence-corrected chi connectivity index (χ0v) is 10.4. The molecule has 1 heteroatoms. The van der Waals surface area contributed by atoms with Crippen LogP contribution in [0.3, 0.4) is 0 Å². The monoisotopic (exact) mass is 230 g/mol. The Kier molecular flexibility index (Phi) is 3.31. The molecular formula is C15H15Cl. The first kappa shape index (κ1) is 11.2. The SMILES string of the molecule is Cc1ccc(-c2cccc(CCl)c2)c(C)c1. The Morgan fingerprint density at radius 2 is 1.81 bits per heavy atom. The first-order valence-electron chi connectivity index (χ1n) is 5.43. The molecule has 2 rings (SSSR count). The Balaban J connectivity index is 2.49. The second-order valence-corrected chi connectivity index (χ2v) is 4.42. The van der Waals surface area contributed by atoms with Gasteiger partial charge in [0.05, 0.1) is 0 Å². The minimum Gasteiger partial charge on any atom is -0.122 e. The molecule has 0 aromatic heterocycles. The van der Waals surface area contributed by atoms with Gasteiger partial charge in [0.2, 0.25) is 0 Å². The second kappa shape index (κ2) is 4.71. The van der Waals surface area contributed by atoms with Crippen LogP contribution in [0.5, 0.6) is 0 Å². The van der Waals surface area contributed by atoms with Crippen molar-refractivity contribution < 1.29 is 0 Å². The summed E-state index contributed by atoms with van der Waals surface area (Å²) in [5, 5.41) is 0. The Hall–Kier alpha value is -1.27. The Morgan fingerprint density at radius 1 is 1.00 bits per heavy atom. The number of benzene rings is 2. The molecule has 0 aliphatic rings. The number of alkyl halides is 1. The molecule has 2 aromatic carbocycles. The summed E-state index contributed by atoms with van der Waals surface area (Å²) in [4.78, 5) is 0. The van der Waals surface area contributed by atoms with Gasteiger partial charge in [0.1, 0.15) is 0 Å². The van der Waals surface area contributed by atoms with Gasteiger partial charge in [0.25, 0.3) is 0 Å². The standard InChI is InChI=1S/C15H15Cl/c1-11-6-7-15(12(2)8-11)14-5-3-4-13(9-14)10-16/h3-9H,10H2,1-2H3. The highest BCUT2D eigenvalue weighted by Crippen LogP contribution is 2.25. The molecule has 0 fully saturated rings. The molecule has 0 N–H and O–H groups in total. The van der Waals surface area contributed by atoms with Crippen LogP contribution < -0.4 is 0 Å². The van der Waals surface area contributed by atoms with Crippen molar-refractivity contribution in [3.63, 3.8) is 0 Å². The number of aryl methyl sites for hydroxylation is 2. The first-order valence-corrected chi connectivity index (χ1v) is 5.96. The molecule has 0 unspecified atom stereocenters. The van der Waals surface area contributed by atoms with Crippen LogP contribution in [-0.2, 0) is 5.88 Å². The van der Waals surface area contributed by atoms with E-state index in [4.69, 9.17) is 11.6 Å². The van der Waals surface area contributed by atoms with Gasteiger partial charge in [-0.3, -0.25) is 0 Å². The van der Waals surface area contributed by atoms with E-state index in [2.05, 4.69) is 56.3 Å². The summed E-state index contributed by atoms with van der Waals surface area (Å²) in [6.45, 7) is 4.27. The molecule has 2 aromatic rings. The summed E-state index contributed by atoms with van der Waals surface area (Å²) in [7, 11) is 0. The Labute approximate surface area is 102 Å². The number of hydrogen-bond donors (Lipinski definition) is 0. The van der Waals surface area contributed by atoms with Crippen molar-refractivity contribution in [2.45, 2.75) is 19.7 Å². The summed E-state index contributed by atoms with van der Waals surface area (Å²) in [6.07, 6.45) is 0. The van der Waals surface area contributed by atoms with Crippen LogP contribution in [-0.4, -0.2) is 0 Å². The summed E-state index contributed by atoms with van der Waals surface area (Å²) in [5.74, 6) is 0.568. The molecule has 0 aliphatic heterocycles. The van der Waals surface area contributed by atoms with Gasteiger partial charge in [0, 0.05) is 5.88 Å². The lowest BCUT2D eigenvalue weighted by atomic mass is 9.98.